The first kappa shape index (κ1) is 12.2. The van der Waals surface area contributed by atoms with Gasteiger partial charge in [0.25, 0.3) is 0 Å². The minimum Gasteiger partial charge on any atom is -0.447 e. The minimum absolute atomic E-state index is 0.0540. The van der Waals surface area contributed by atoms with E-state index in [2.05, 4.69) is 30.8 Å². The number of aliphatic hydroxyl groups is 1. The summed E-state index contributed by atoms with van der Waals surface area (Å²) in [5.41, 5.74) is 0.0955. The number of nitrogens with one attached hydrogen (secondary N) is 1. The summed E-state index contributed by atoms with van der Waals surface area (Å²) in [4.78, 5) is 10.9. The van der Waals surface area contributed by atoms with Crippen LogP contribution in [-0.4, -0.2) is 31.0 Å². The highest BCUT2D eigenvalue weighted by Crippen LogP contribution is 2.17. The van der Waals surface area contributed by atoms with E-state index in [-0.39, 0.29) is 18.6 Å². The van der Waals surface area contributed by atoms with E-state index in [0.717, 1.165) is 6.42 Å². The number of carbonyl (C=O) groups is 1. The lowest BCUT2D eigenvalue weighted by atomic mass is 9.90. The molecule has 1 amide bonds. The van der Waals surface area contributed by atoms with Crippen molar-refractivity contribution in [2.45, 2.75) is 27.2 Å². The monoisotopic (exact) mass is 189 g/mol. The third-order valence-corrected chi connectivity index (χ3v) is 1.99. The Balaban J connectivity index is 3.57. The van der Waals surface area contributed by atoms with Gasteiger partial charge in [-0.2, -0.15) is 0 Å². The fraction of sp³-hybridized carbons (Fsp3) is 0.889. The summed E-state index contributed by atoms with van der Waals surface area (Å²) in [7, 11) is 0. The summed E-state index contributed by atoms with van der Waals surface area (Å²) >= 11 is 0. The van der Waals surface area contributed by atoms with Gasteiger partial charge in [0, 0.05) is 6.54 Å². The van der Waals surface area contributed by atoms with Crippen molar-refractivity contribution in [1.82, 2.24) is 5.32 Å². The maximum Gasteiger partial charge on any atom is 0.407 e. The van der Waals surface area contributed by atoms with Gasteiger partial charge < -0.3 is 15.2 Å². The molecule has 0 aromatic heterocycles. The minimum atomic E-state index is -0.462. The van der Waals surface area contributed by atoms with E-state index in [4.69, 9.17) is 5.11 Å². The molecular formula is C9H19NO3. The Bertz CT molecular complexity index is 157. The Labute approximate surface area is 79.3 Å². The molecule has 0 atom stereocenters. The molecule has 0 saturated heterocycles. The molecule has 13 heavy (non-hydrogen) atoms. The lowest BCUT2D eigenvalue weighted by Crippen LogP contribution is -2.34. The van der Waals surface area contributed by atoms with Gasteiger partial charge in [-0.3, -0.25) is 0 Å². The van der Waals surface area contributed by atoms with Crippen LogP contribution < -0.4 is 5.32 Å². The van der Waals surface area contributed by atoms with E-state index >= 15 is 0 Å². The summed E-state index contributed by atoms with van der Waals surface area (Å²) in [6.45, 7) is 6.72. The molecule has 0 aromatic rings. The highest BCUT2D eigenvalue weighted by Gasteiger charge is 2.16. The van der Waals surface area contributed by atoms with E-state index in [1.54, 1.807) is 0 Å². The standard InChI is InChI=1S/C9H19NO3/c1-4-9(2,3)7-10-8(12)13-6-5-11/h11H,4-7H2,1-3H3,(H,10,12). The van der Waals surface area contributed by atoms with Gasteiger partial charge in [-0.15, -0.1) is 0 Å². The van der Waals surface area contributed by atoms with Gasteiger partial charge >= 0.3 is 6.09 Å². The SMILES string of the molecule is CCC(C)(C)CNC(=O)OCCO. The van der Waals surface area contributed by atoms with Crippen molar-refractivity contribution in [3.8, 4) is 0 Å². The summed E-state index contributed by atoms with van der Waals surface area (Å²) < 4.78 is 4.63. The van der Waals surface area contributed by atoms with Crippen LogP contribution >= 0.6 is 0 Å². The van der Waals surface area contributed by atoms with Crippen LogP contribution in [0.3, 0.4) is 0 Å². The lowest BCUT2D eigenvalue weighted by Gasteiger charge is -2.22. The highest BCUT2D eigenvalue weighted by atomic mass is 16.6. The molecule has 0 unspecified atom stereocenters. The molecule has 0 aliphatic carbocycles. The zero-order valence-corrected chi connectivity index (χ0v) is 8.59. The first-order valence-corrected chi connectivity index (χ1v) is 4.53. The second kappa shape index (κ2) is 5.80. The van der Waals surface area contributed by atoms with Gasteiger partial charge in [0.1, 0.15) is 6.61 Å². The molecule has 0 aromatic carbocycles. The van der Waals surface area contributed by atoms with Crippen LogP contribution in [0.4, 0.5) is 4.79 Å². The van der Waals surface area contributed by atoms with Gasteiger partial charge in [-0.1, -0.05) is 20.8 Å². The van der Waals surface area contributed by atoms with Gasteiger partial charge in [-0.05, 0) is 11.8 Å². The first-order valence-electron chi connectivity index (χ1n) is 4.53. The van der Waals surface area contributed by atoms with E-state index in [0.29, 0.717) is 6.54 Å². The molecule has 4 heteroatoms. The van der Waals surface area contributed by atoms with Crippen LogP contribution in [0.5, 0.6) is 0 Å². The van der Waals surface area contributed by atoms with Crippen LogP contribution in [0.25, 0.3) is 0 Å². The Hall–Kier alpha value is -0.770. The van der Waals surface area contributed by atoms with E-state index in [1.807, 2.05) is 0 Å². The molecule has 0 aliphatic rings. The summed E-state index contributed by atoms with van der Waals surface area (Å²) in [6, 6.07) is 0. The first-order chi connectivity index (χ1) is 6.02. The van der Waals surface area contributed by atoms with Crippen molar-refractivity contribution < 1.29 is 14.6 Å². The average Bonchev–Trinajstić information content (AvgIpc) is 2.11. The number of hydrogen-bond donors (Lipinski definition) is 2. The maximum absolute atomic E-state index is 10.9. The summed E-state index contributed by atoms with van der Waals surface area (Å²) in [5, 5.41) is 11.0. The number of ether oxygens (including phenoxy) is 1. The molecule has 0 rings (SSSR count). The van der Waals surface area contributed by atoms with Crippen LogP contribution in [0.2, 0.25) is 0 Å². The van der Waals surface area contributed by atoms with Gasteiger partial charge in [-0.25, -0.2) is 4.79 Å². The second-order valence-electron chi connectivity index (χ2n) is 3.73. The average molecular weight is 189 g/mol. The Kier molecular flexibility index (Phi) is 5.46. The topological polar surface area (TPSA) is 58.6 Å². The molecule has 0 heterocycles. The van der Waals surface area contributed by atoms with E-state index in [9.17, 15) is 4.79 Å². The Morgan fingerprint density at radius 1 is 1.54 bits per heavy atom. The molecule has 0 spiro atoms. The number of aliphatic hydroxyl groups excluding tert-OH is 1. The van der Waals surface area contributed by atoms with Crippen LogP contribution in [-0.2, 0) is 4.74 Å². The van der Waals surface area contributed by atoms with Crippen LogP contribution in [0, 0.1) is 5.41 Å². The number of alkyl carbamates (subject to hydrolysis) is 1. The number of carbonyl (C=O) groups excluding carboxylic acids is 1. The molecule has 2 N–H and O–H groups in total. The van der Waals surface area contributed by atoms with Gasteiger partial charge in [0.15, 0.2) is 0 Å². The number of rotatable bonds is 5. The van der Waals surface area contributed by atoms with Crippen molar-refractivity contribution in [1.29, 1.82) is 0 Å². The zero-order valence-electron chi connectivity index (χ0n) is 8.59. The maximum atomic E-state index is 10.9. The third-order valence-electron chi connectivity index (χ3n) is 1.99. The van der Waals surface area contributed by atoms with Crippen molar-refractivity contribution in [3.05, 3.63) is 0 Å². The predicted octanol–water partition coefficient (Wildman–Crippen LogP) is 1.14. The third kappa shape index (κ3) is 6.40. The molecular weight excluding hydrogens is 170 g/mol. The molecule has 0 saturated carbocycles. The Morgan fingerprint density at radius 2 is 2.15 bits per heavy atom. The van der Waals surface area contributed by atoms with Crippen molar-refractivity contribution in [2.75, 3.05) is 19.8 Å². The van der Waals surface area contributed by atoms with Crippen molar-refractivity contribution in [3.63, 3.8) is 0 Å². The summed E-state index contributed by atoms with van der Waals surface area (Å²) in [5.74, 6) is 0. The Morgan fingerprint density at radius 3 is 2.62 bits per heavy atom. The quantitative estimate of drug-likeness (QED) is 0.682. The van der Waals surface area contributed by atoms with Crippen LogP contribution in [0.15, 0.2) is 0 Å². The molecule has 78 valence electrons. The normalized spacial score (nSPS) is 11.1. The molecule has 0 fully saturated rings. The lowest BCUT2D eigenvalue weighted by molar-refractivity contribution is 0.116. The largest absolute Gasteiger partial charge is 0.447 e. The van der Waals surface area contributed by atoms with Crippen LogP contribution in [0.1, 0.15) is 27.2 Å². The van der Waals surface area contributed by atoms with Crippen molar-refractivity contribution >= 4 is 6.09 Å². The van der Waals surface area contributed by atoms with E-state index in [1.165, 1.54) is 0 Å². The fourth-order valence-corrected chi connectivity index (χ4v) is 0.626. The van der Waals surface area contributed by atoms with Gasteiger partial charge in [0.2, 0.25) is 0 Å². The highest BCUT2D eigenvalue weighted by molar-refractivity contribution is 5.67. The number of hydrogen-bond acceptors (Lipinski definition) is 3. The molecule has 0 aliphatic heterocycles. The fourth-order valence-electron chi connectivity index (χ4n) is 0.626. The van der Waals surface area contributed by atoms with E-state index < -0.39 is 6.09 Å². The predicted molar refractivity (Wildman–Crippen MR) is 50.5 cm³/mol. The molecule has 0 bridgehead atoms. The molecule has 0 radical (unpaired) electrons. The smallest absolute Gasteiger partial charge is 0.407 e. The van der Waals surface area contributed by atoms with Crippen molar-refractivity contribution in [2.24, 2.45) is 5.41 Å². The summed E-state index contributed by atoms with van der Waals surface area (Å²) in [6.07, 6.45) is 0.531. The second-order valence-corrected chi connectivity index (χ2v) is 3.73. The zero-order chi connectivity index (χ0) is 10.3. The van der Waals surface area contributed by atoms with Gasteiger partial charge in [0.05, 0.1) is 6.61 Å². The number of amides is 1. The molecule has 4 nitrogen and oxygen atoms in total.